The molecule has 0 aliphatic carbocycles. The van der Waals surface area contributed by atoms with E-state index in [9.17, 15) is 9.59 Å². The highest BCUT2D eigenvalue weighted by atomic mass is 35.5. The standard InChI is InChI=1S/C8H13ClN2O3/c1-14-8(13)11-4-2-10(3-5-11)7(12)6-9/h2-6H2,1H3. The fourth-order valence-electron chi connectivity index (χ4n) is 1.35. The second kappa shape index (κ2) is 5.05. The molecule has 2 amide bonds. The summed E-state index contributed by atoms with van der Waals surface area (Å²) in [6.07, 6.45) is -0.344. The monoisotopic (exact) mass is 220 g/mol. The predicted molar refractivity (Wildman–Crippen MR) is 51.3 cm³/mol. The van der Waals surface area contributed by atoms with E-state index >= 15 is 0 Å². The Morgan fingerprint density at radius 3 is 2.14 bits per heavy atom. The van der Waals surface area contributed by atoms with Crippen LogP contribution < -0.4 is 0 Å². The molecule has 1 saturated heterocycles. The fourth-order valence-corrected chi connectivity index (χ4v) is 1.52. The Kier molecular flexibility index (Phi) is 4.00. The number of carbonyl (C=O) groups is 2. The van der Waals surface area contributed by atoms with E-state index in [1.54, 1.807) is 9.80 Å². The van der Waals surface area contributed by atoms with Gasteiger partial charge in [0.2, 0.25) is 5.91 Å². The average Bonchev–Trinajstić information content (AvgIpc) is 2.27. The summed E-state index contributed by atoms with van der Waals surface area (Å²) in [5.41, 5.74) is 0. The van der Waals surface area contributed by atoms with Crippen LogP contribution in [0.2, 0.25) is 0 Å². The third kappa shape index (κ3) is 2.51. The van der Waals surface area contributed by atoms with Crippen molar-refractivity contribution in [3.05, 3.63) is 0 Å². The lowest BCUT2D eigenvalue weighted by atomic mass is 10.3. The number of piperazine rings is 1. The van der Waals surface area contributed by atoms with Gasteiger partial charge >= 0.3 is 6.09 Å². The van der Waals surface area contributed by atoms with Crippen LogP contribution in [-0.2, 0) is 9.53 Å². The second-order valence-electron chi connectivity index (χ2n) is 2.97. The molecule has 0 unspecified atom stereocenters. The number of methoxy groups -OCH3 is 1. The quantitative estimate of drug-likeness (QED) is 0.591. The molecule has 0 radical (unpaired) electrons. The zero-order chi connectivity index (χ0) is 10.6. The SMILES string of the molecule is COC(=O)N1CCN(C(=O)CCl)CC1. The maximum atomic E-state index is 11.2. The minimum Gasteiger partial charge on any atom is -0.453 e. The maximum Gasteiger partial charge on any atom is 0.409 e. The van der Waals surface area contributed by atoms with Gasteiger partial charge in [-0.05, 0) is 0 Å². The lowest BCUT2D eigenvalue weighted by molar-refractivity contribution is -0.130. The van der Waals surface area contributed by atoms with Crippen LogP contribution in [0, 0.1) is 0 Å². The van der Waals surface area contributed by atoms with E-state index in [2.05, 4.69) is 4.74 Å². The van der Waals surface area contributed by atoms with E-state index in [0.29, 0.717) is 26.2 Å². The highest BCUT2D eigenvalue weighted by molar-refractivity contribution is 6.27. The molecule has 1 aliphatic rings. The molecule has 1 rings (SSSR count). The molecule has 0 saturated carbocycles. The Morgan fingerprint density at radius 1 is 1.21 bits per heavy atom. The molecule has 0 atom stereocenters. The smallest absolute Gasteiger partial charge is 0.409 e. The average molecular weight is 221 g/mol. The zero-order valence-corrected chi connectivity index (χ0v) is 8.79. The van der Waals surface area contributed by atoms with E-state index in [1.165, 1.54) is 7.11 Å². The lowest BCUT2D eigenvalue weighted by Crippen LogP contribution is -2.50. The van der Waals surface area contributed by atoms with Gasteiger partial charge in [0, 0.05) is 26.2 Å². The largest absolute Gasteiger partial charge is 0.453 e. The summed E-state index contributed by atoms with van der Waals surface area (Å²) in [5.74, 6) is -0.0886. The van der Waals surface area contributed by atoms with Crippen LogP contribution in [0.15, 0.2) is 0 Å². The van der Waals surface area contributed by atoms with Gasteiger partial charge in [0.15, 0.2) is 0 Å². The molecule has 1 heterocycles. The third-order valence-corrected chi connectivity index (χ3v) is 2.41. The minimum absolute atomic E-state index is 0.00176. The molecule has 0 bridgehead atoms. The summed E-state index contributed by atoms with van der Waals surface area (Å²) in [7, 11) is 1.35. The van der Waals surface area contributed by atoms with Gasteiger partial charge in [-0.1, -0.05) is 0 Å². The molecule has 0 spiro atoms. The first-order valence-corrected chi connectivity index (χ1v) is 4.89. The first-order valence-electron chi connectivity index (χ1n) is 4.35. The molecule has 0 aromatic heterocycles. The van der Waals surface area contributed by atoms with Crippen LogP contribution in [0.3, 0.4) is 0 Å². The molecule has 6 heteroatoms. The van der Waals surface area contributed by atoms with Crippen LogP contribution in [0.1, 0.15) is 0 Å². The van der Waals surface area contributed by atoms with Crippen LogP contribution in [0.25, 0.3) is 0 Å². The van der Waals surface area contributed by atoms with Crippen molar-refractivity contribution in [3.8, 4) is 0 Å². The van der Waals surface area contributed by atoms with E-state index in [0.717, 1.165) is 0 Å². The molecule has 14 heavy (non-hydrogen) atoms. The van der Waals surface area contributed by atoms with Crippen LogP contribution in [-0.4, -0.2) is 61.0 Å². The normalized spacial score (nSPS) is 16.7. The predicted octanol–water partition coefficient (Wildman–Crippen LogP) is 0.136. The summed E-state index contributed by atoms with van der Waals surface area (Å²) in [6, 6.07) is 0. The Morgan fingerprint density at radius 2 is 1.71 bits per heavy atom. The van der Waals surface area contributed by atoms with Gasteiger partial charge < -0.3 is 14.5 Å². The number of amides is 2. The van der Waals surface area contributed by atoms with Crippen molar-refractivity contribution in [1.82, 2.24) is 9.80 Å². The summed E-state index contributed by atoms with van der Waals surface area (Å²) in [6.45, 7) is 2.08. The minimum atomic E-state index is -0.344. The maximum absolute atomic E-state index is 11.2. The molecule has 0 N–H and O–H groups in total. The summed E-state index contributed by atoms with van der Waals surface area (Å²) >= 11 is 5.42. The van der Waals surface area contributed by atoms with Gasteiger partial charge in [-0.15, -0.1) is 11.6 Å². The van der Waals surface area contributed by atoms with Crippen molar-refractivity contribution in [1.29, 1.82) is 0 Å². The number of ether oxygens (including phenoxy) is 1. The van der Waals surface area contributed by atoms with Crippen molar-refractivity contribution in [2.75, 3.05) is 39.2 Å². The number of hydrogen-bond acceptors (Lipinski definition) is 3. The summed E-state index contributed by atoms with van der Waals surface area (Å²) in [5, 5.41) is 0. The molecule has 80 valence electrons. The van der Waals surface area contributed by atoms with E-state index in [1.807, 2.05) is 0 Å². The van der Waals surface area contributed by atoms with Gasteiger partial charge in [0.25, 0.3) is 0 Å². The Labute approximate surface area is 87.5 Å². The molecular formula is C8H13ClN2O3. The van der Waals surface area contributed by atoms with Gasteiger partial charge in [-0.3, -0.25) is 4.79 Å². The van der Waals surface area contributed by atoms with E-state index in [4.69, 9.17) is 11.6 Å². The first-order chi connectivity index (χ1) is 6.69. The van der Waals surface area contributed by atoms with Gasteiger partial charge in [0.05, 0.1) is 7.11 Å². The van der Waals surface area contributed by atoms with Crippen molar-refractivity contribution in [3.63, 3.8) is 0 Å². The van der Waals surface area contributed by atoms with Gasteiger partial charge in [0.1, 0.15) is 5.88 Å². The Hall–Kier alpha value is -0.970. The van der Waals surface area contributed by atoms with Crippen LogP contribution in [0.4, 0.5) is 4.79 Å². The van der Waals surface area contributed by atoms with Crippen LogP contribution >= 0.6 is 11.6 Å². The molecular weight excluding hydrogens is 208 g/mol. The second-order valence-corrected chi connectivity index (χ2v) is 3.24. The highest BCUT2D eigenvalue weighted by Gasteiger charge is 2.23. The number of hydrogen-bond donors (Lipinski definition) is 0. The van der Waals surface area contributed by atoms with E-state index < -0.39 is 0 Å². The zero-order valence-electron chi connectivity index (χ0n) is 8.03. The van der Waals surface area contributed by atoms with Crippen LogP contribution in [0.5, 0.6) is 0 Å². The number of alkyl halides is 1. The molecule has 1 aliphatic heterocycles. The Bertz CT molecular complexity index is 203. The number of nitrogens with zero attached hydrogens (tertiary/aromatic N) is 2. The summed E-state index contributed by atoms with van der Waals surface area (Å²) < 4.78 is 4.57. The third-order valence-electron chi connectivity index (χ3n) is 2.18. The molecule has 0 aromatic rings. The number of halogens is 1. The summed E-state index contributed by atoms with van der Waals surface area (Å²) in [4.78, 5) is 25.5. The van der Waals surface area contributed by atoms with Gasteiger partial charge in [-0.2, -0.15) is 0 Å². The van der Waals surface area contributed by atoms with Crippen molar-refractivity contribution in [2.45, 2.75) is 0 Å². The number of carbonyl (C=O) groups excluding carboxylic acids is 2. The molecule has 5 nitrogen and oxygen atoms in total. The Balaban J connectivity index is 2.38. The number of rotatable bonds is 1. The highest BCUT2D eigenvalue weighted by Crippen LogP contribution is 2.04. The topological polar surface area (TPSA) is 49.9 Å². The van der Waals surface area contributed by atoms with Crippen molar-refractivity contribution < 1.29 is 14.3 Å². The lowest BCUT2D eigenvalue weighted by Gasteiger charge is -2.33. The van der Waals surface area contributed by atoms with Crippen molar-refractivity contribution in [2.24, 2.45) is 0 Å². The van der Waals surface area contributed by atoms with E-state index in [-0.39, 0.29) is 17.9 Å². The van der Waals surface area contributed by atoms with Crippen molar-refractivity contribution >= 4 is 23.6 Å². The molecule has 1 fully saturated rings. The molecule has 0 aromatic carbocycles. The van der Waals surface area contributed by atoms with Gasteiger partial charge in [-0.25, -0.2) is 4.79 Å². The first kappa shape index (κ1) is 11.1. The fraction of sp³-hybridized carbons (Fsp3) is 0.750.